The number of anilines is 2. The molecule has 1 N–H and O–H groups in total. The lowest BCUT2D eigenvalue weighted by Crippen LogP contribution is -1.95. The molecular weight excluding hydrogens is 311 g/mol. The van der Waals surface area contributed by atoms with Gasteiger partial charge in [0.1, 0.15) is 6.07 Å². The van der Waals surface area contributed by atoms with E-state index in [2.05, 4.69) is 27.3 Å². The zero-order valence-electron chi connectivity index (χ0n) is 10.1. The Labute approximate surface area is 118 Å². The maximum Gasteiger partial charge on any atom is 0.165 e. The SMILES string of the molecule is COc1cc(Nc2ccc(Br)cc2C#N)ccc1F. The van der Waals surface area contributed by atoms with Crippen LogP contribution in [-0.2, 0) is 0 Å². The molecule has 19 heavy (non-hydrogen) atoms. The lowest BCUT2D eigenvalue weighted by atomic mass is 10.2. The second kappa shape index (κ2) is 5.72. The second-order valence-electron chi connectivity index (χ2n) is 3.78. The summed E-state index contributed by atoms with van der Waals surface area (Å²) in [5.41, 5.74) is 1.80. The molecule has 2 rings (SSSR count). The minimum atomic E-state index is -0.427. The van der Waals surface area contributed by atoms with Gasteiger partial charge in [0, 0.05) is 16.2 Å². The number of halogens is 2. The van der Waals surface area contributed by atoms with E-state index in [-0.39, 0.29) is 5.75 Å². The zero-order chi connectivity index (χ0) is 13.8. The molecule has 0 heterocycles. The molecule has 0 aromatic heterocycles. The quantitative estimate of drug-likeness (QED) is 0.921. The molecule has 0 aliphatic rings. The Hall–Kier alpha value is -2.06. The van der Waals surface area contributed by atoms with Crippen LogP contribution in [0.5, 0.6) is 5.75 Å². The largest absolute Gasteiger partial charge is 0.494 e. The van der Waals surface area contributed by atoms with Gasteiger partial charge in [0.2, 0.25) is 0 Å². The molecule has 0 radical (unpaired) electrons. The van der Waals surface area contributed by atoms with E-state index < -0.39 is 5.82 Å². The van der Waals surface area contributed by atoms with E-state index in [1.165, 1.54) is 13.2 Å². The lowest BCUT2D eigenvalue weighted by Gasteiger charge is -2.10. The molecule has 96 valence electrons. The van der Waals surface area contributed by atoms with Gasteiger partial charge in [-0.2, -0.15) is 5.26 Å². The average Bonchev–Trinajstić information content (AvgIpc) is 2.42. The number of ether oxygens (including phenoxy) is 1. The Balaban J connectivity index is 2.34. The van der Waals surface area contributed by atoms with E-state index in [9.17, 15) is 4.39 Å². The van der Waals surface area contributed by atoms with Gasteiger partial charge >= 0.3 is 0 Å². The molecule has 0 spiro atoms. The molecule has 0 aliphatic heterocycles. The van der Waals surface area contributed by atoms with Crippen molar-refractivity contribution in [3.05, 3.63) is 52.3 Å². The summed E-state index contributed by atoms with van der Waals surface area (Å²) in [6.45, 7) is 0. The first-order valence-corrected chi connectivity index (χ1v) is 6.23. The van der Waals surface area contributed by atoms with Gasteiger partial charge in [-0.3, -0.25) is 0 Å². The summed E-state index contributed by atoms with van der Waals surface area (Å²) in [5.74, 6) is -0.273. The standard InChI is InChI=1S/C14H10BrFN2O/c1-19-14-7-11(3-4-12(14)16)18-13-5-2-10(15)6-9(13)8-17/h2-7,18H,1H3. The van der Waals surface area contributed by atoms with Gasteiger partial charge < -0.3 is 10.1 Å². The normalized spacial score (nSPS) is 9.79. The van der Waals surface area contributed by atoms with E-state index in [0.717, 1.165) is 4.47 Å². The minimum absolute atomic E-state index is 0.153. The molecule has 3 nitrogen and oxygen atoms in total. The predicted octanol–water partition coefficient (Wildman–Crippen LogP) is 4.21. The lowest BCUT2D eigenvalue weighted by molar-refractivity contribution is 0.387. The third-order valence-electron chi connectivity index (χ3n) is 2.53. The van der Waals surface area contributed by atoms with Gasteiger partial charge in [-0.25, -0.2) is 4.39 Å². The highest BCUT2D eigenvalue weighted by atomic mass is 79.9. The molecule has 2 aromatic rings. The molecule has 5 heteroatoms. The van der Waals surface area contributed by atoms with Crippen LogP contribution in [-0.4, -0.2) is 7.11 Å². The van der Waals surface area contributed by atoms with Gasteiger partial charge in [0.05, 0.1) is 18.4 Å². The Morgan fingerprint density at radius 2 is 2.05 bits per heavy atom. The van der Waals surface area contributed by atoms with Gasteiger partial charge in [0.15, 0.2) is 11.6 Å². The number of hydrogen-bond acceptors (Lipinski definition) is 3. The monoisotopic (exact) mass is 320 g/mol. The Morgan fingerprint density at radius 3 is 2.74 bits per heavy atom. The molecule has 0 fully saturated rings. The van der Waals surface area contributed by atoms with Crippen molar-refractivity contribution in [2.75, 3.05) is 12.4 Å². The first-order chi connectivity index (χ1) is 9.13. The second-order valence-corrected chi connectivity index (χ2v) is 4.69. The number of methoxy groups -OCH3 is 1. The summed E-state index contributed by atoms with van der Waals surface area (Å²) in [4.78, 5) is 0. The molecule has 0 atom stereocenters. The van der Waals surface area contributed by atoms with E-state index >= 15 is 0 Å². The number of nitriles is 1. The third kappa shape index (κ3) is 3.04. The van der Waals surface area contributed by atoms with E-state index in [1.54, 1.807) is 24.3 Å². The molecule has 0 saturated carbocycles. The smallest absolute Gasteiger partial charge is 0.165 e. The van der Waals surface area contributed by atoms with Gasteiger partial charge in [-0.05, 0) is 30.3 Å². The number of hydrogen-bond donors (Lipinski definition) is 1. The molecule has 0 saturated heterocycles. The van der Waals surface area contributed by atoms with E-state index in [1.807, 2.05) is 6.07 Å². The van der Waals surface area contributed by atoms with Gasteiger partial charge in [-0.15, -0.1) is 0 Å². The van der Waals surface area contributed by atoms with Crippen molar-refractivity contribution in [1.29, 1.82) is 5.26 Å². The third-order valence-corrected chi connectivity index (χ3v) is 3.03. The van der Waals surface area contributed by atoms with Crippen LogP contribution in [0.15, 0.2) is 40.9 Å². The zero-order valence-corrected chi connectivity index (χ0v) is 11.7. The highest BCUT2D eigenvalue weighted by Crippen LogP contribution is 2.27. The molecule has 2 aromatic carbocycles. The van der Waals surface area contributed by atoms with Crippen molar-refractivity contribution < 1.29 is 9.13 Å². The fourth-order valence-electron chi connectivity index (χ4n) is 1.61. The van der Waals surface area contributed by atoms with E-state index in [4.69, 9.17) is 10.00 Å². The first-order valence-electron chi connectivity index (χ1n) is 5.44. The maximum atomic E-state index is 13.3. The summed E-state index contributed by atoms with van der Waals surface area (Å²) >= 11 is 3.31. The summed E-state index contributed by atoms with van der Waals surface area (Å²) in [6.07, 6.45) is 0. The van der Waals surface area contributed by atoms with Gasteiger partial charge in [-0.1, -0.05) is 15.9 Å². The highest BCUT2D eigenvalue weighted by molar-refractivity contribution is 9.10. The van der Waals surface area contributed by atoms with Gasteiger partial charge in [0.25, 0.3) is 0 Å². The van der Waals surface area contributed by atoms with Crippen LogP contribution in [0.4, 0.5) is 15.8 Å². The Kier molecular flexibility index (Phi) is 4.03. The van der Waals surface area contributed by atoms with Crippen molar-refractivity contribution in [1.82, 2.24) is 0 Å². The molecule has 0 amide bonds. The number of rotatable bonds is 3. The van der Waals surface area contributed by atoms with Crippen LogP contribution in [0.25, 0.3) is 0 Å². The van der Waals surface area contributed by atoms with Crippen LogP contribution in [0, 0.1) is 17.1 Å². The van der Waals surface area contributed by atoms with Crippen LogP contribution in [0.2, 0.25) is 0 Å². The summed E-state index contributed by atoms with van der Waals surface area (Å²) in [6, 6.07) is 11.8. The Bertz CT molecular complexity index is 652. The Morgan fingerprint density at radius 1 is 1.26 bits per heavy atom. The average molecular weight is 321 g/mol. The number of nitrogens with one attached hydrogen (secondary N) is 1. The van der Waals surface area contributed by atoms with Crippen molar-refractivity contribution in [2.45, 2.75) is 0 Å². The van der Waals surface area contributed by atoms with Crippen molar-refractivity contribution >= 4 is 27.3 Å². The van der Waals surface area contributed by atoms with Crippen molar-refractivity contribution in [3.63, 3.8) is 0 Å². The molecule has 0 bridgehead atoms. The summed E-state index contributed by atoms with van der Waals surface area (Å²) in [7, 11) is 1.41. The number of nitrogens with zero attached hydrogens (tertiary/aromatic N) is 1. The fourth-order valence-corrected chi connectivity index (χ4v) is 1.97. The first kappa shape index (κ1) is 13.4. The molecule has 0 unspecified atom stereocenters. The van der Waals surface area contributed by atoms with E-state index in [0.29, 0.717) is 16.9 Å². The minimum Gasteiger partial charge on any atom is -0.494 e. The predicted molar refractivity (Wildman–Crippen MR) is 75.1 cm³/mol. The fraction of sp³-hybridized carbons (Fsp3) is 0.0714. The van der Waals surface area contributed by atoms with Crippen molar-refractivity contribution in [3.8, 4) is 11.8 Å². The summed E-state index contributed by atoms with van der Waals surface area (Å²) in [5, 5.41) is 12.1. The topological polar surface area (TPSA) is 45.0 Å². The van der Waals surface area contributed by atoms with Crippen LogP contribution in [0.1, 0.15) is 5.56 Å². The van der Waals surface area contributed by atoms with Crippen LogP contribution >= 0.6 is 15.9 Å². The summed E-state index contributed by atoms with van der Waals surface area (Å²) < 4.78 is 19.0. The number of benzene rings is 2. The highest BCUT2D eigenvalue weighted by Gasteiger charge is 2.06. The maximum absolute atomic E-state index is 13.3. The molecule has 0 aliphatic carbocycles. The van der Waals surface area contributed by atoms with Crippen molar-refractivity contribution in [2.24, 2.45) is 0 Å². The van der Waals surface area contributed by atoms with Crippen LogP contribution in [0.3, 0.4) is 0 Å². The molecular formula is C14H10BrFN2O. The van der Waals surface area contributed by atoms with Crippen LogP contribution < -0.4 is 10.1 Å².